The molecule has 0 saturated carbocycles. The van der Waals surface area contributed by atoms with Crippen LogP contribution in [0.1, 0.15) is 17.6 Å². The van der Waals surface area contributed by atoms with Gasteiger partial charge in [0.15, 0.2) is 5.82 Å². The van der Waals surface area contributed by atoms with Gasteiger partial charge in [-0.2, -0.15) is 18.2 Å². The molecule has 1 saturated heterocycles. The Balaban J connectivity index is 0.00000192. The van der Waals surface area contributed by atoms with Gasteiger partial charge in [0.05, 0.1) is 11.6 Å². The molecule has 0 amide bonds. The Labute approximate surface area is 136 Å². The van der Waals surface area contributed by atoms with Gasteiger partial charge in [-0.15, -0.1) is 12.4 Å². The highest BCUT2D eigenvalue weighted by Crippen LogP contribution is 2.29. The first kappa shape index (κ1) is 17.6. The summed E-state index contributed by atoms with van der Waals surface area (Å²) in [7, 11) is 1.96. The monoisotopic (exact) mass is 349 g/mol. The number of pyridine rings is 1. The average molecular weight is 350 g/mol. The van der Waals surface area contributed by atoms with Gasteiger partial charge >= 0.3 is 6.18 Å². The Kier molecular flexibility index (Phi) is 5.23. The second kappa shape index (κ2) is 6.81. The number of nitrogens with zero attached hydrogens (tertiary/aromatic N) is 4. The molecule has 6 nitrogen and oxygen atoms in total. The number of halogens is 4. The topological polar surface area (TPSA) is 67.1 Å². The van der Waals surface area contributed by atoms with Crippen molar-refractivity contribution in [2.75, 3.05) is 26.7 Å². The van der Waals surface area contributed by atoms with E-state index in [1.54, 1.807) is 0 Å². The Morgan fingerprint density at radius 2 is 2.13 bits per heavy atom. The maximum atomic E-state index is 12.5. The van der Waals surface area contributed by atoms with Gasteiger partial charge in [-0.3, -0.25) is 9.88 Å². The Hall–Kier alpha value is -1.71. The summed E-state index contributed by atoms with van der Waals surface area (Å²) in [6.45, 7) is 2.44. The highest BCUT2D eigenvalue weighted by molar-refractivity contribution is 5.85. The van der Waals surface area contributed by atoms with E-state index in [-0.39, 0.29) is 24.3 Å². The molecule has 126 valence electrons. The molecule has 1 aliphatic heterocycles. The fourth-order valence-electron chi connectivity index (χ4n) is 2.27. The summed E-state index contributed by atoms with van der Waals surface area (Å²) >= 11 is 0. The summed E-state index contributed by atoms with van der Waals surface area (Å²) in [5.74, 6) is 0.666. The van der Waals surface area contributed by atoms with E-state index in [1.807, 2.05) is 7.05 Å². The Morgan fingerprint density at radius 1 is 1.35 bits per heavy atom. The zero-order valence-electron chi connectivity index (χ0n) is 12.2. The molecule has 1 fully saturated rings. The molecule has 23 heavy (non-hydrogen) atoms. The van der Waals surface area contributed by atoms with Gasteiger partial charge in [-0.05, 0) is 19.2 Å². The maximum absolute atomic E-state index is 12.5. The molecule has 0 radical (unpaired) electrons. The van der Waals surface area contributed by atoms with Crippen LogP contribution in [0.3, 0.4) is 0 Å². The molecule has 0 aromatic carbocycles. The van der Waals surface area contributed by atoms with Gasteiger partial charge in [-0.25, -0.2) is 0 Å². The van der Waals surface area contributed by atoms with Crippen molar-refractivity contribution in [2.24, 2.45) is 0 Å². The predicted octanol–water partition coefficient (Wildman–Crippen LogP) is 2.15. The number of likely N-dealkylation sites (N-methyl/N-ethyl adjacent to an activating group) is 1. The predicted molar refractivity (Wildman–Crippen MR) is 78.0 cm³/mol. The average Bonchev–Trinajstić information content (AvgIpc) is 2.96. The highest BCUT2D eigenvalue weighted by Gasteiger charge is 2.32. The first-order chi connectivity index (χ1) is 10.4. The third-order valence-electron chi connectivity index (χ3n) is 3.55. The van der Waals surface area contributed by atoms with Crippen LogP contribution in [0.4, 0.5) is 13.2 Å². The molecule has 1 aliphatic rings. The Morgan fingerprint density at radius 3 is 2.74 bits per heavy atom. The number of rotatable bonds is 2. The van der Waals surface area contributed by atoms with E-state index >= 15 is 0 Å². The van der Waals surface area contributed by atoms with Crippen LogP contribution in [0, 0.1) is 0 Å². The molecule has 1 atom stereocenters. The molecule has 3 rings (SSSR count). The first-order valence-corrected chi connectivity index (χ1v) is 6.73. The third-order valence-corrected chi connectivity index (χ3v) is 3.55. The second-order valence-electron chi connectivity index (χ2n) is 5.09. The minimum absolute atomic E-state index is 0. The molecule has 0 spiro atoms. The van der Waals surface area contributed by atoms with E-state index in [2.05, 4.69) is 25.3 Å². The third kappa shape index (κ3) is 3.80. The summed E-state index contributed by atoms with van der Waals surface area (Å²) in [5, 5.41) is 7.16. The van der Waals surface area contributed by atoms with Gasteiger partial charge in [-0.1, -0.05) is 5.16 Å². The molecule has 0 aliphatic carbocycles. The minimum atomic E-state index is -4.46. The lowest BCUT2D eigenvalue weighted by Gasteiger charge is -2.30. The van der Waals surface area contributed by atoms with Crippen molar-refractivity contribution in [3.8, 4) is 11.5 Å². The Bertz CT molecular complexity index is 646. The van der Waals surface area contributed by atoms with Crippen LogP contribution in [0.5, 0.6) is 0 Å². The molecule has 0 bridgehead atoms. The van der Waals surface area contributed by atoms with Crippen LogP contribution in [0.25, 0.3) is 11.5 Å². The summed E-state index contributed by atoms with van der Waals surface area (Å²) < 4.78 is 42.6. The van der Waals surface area contributed by atoms with Crippen molar-refractivity contribution >= 4 is 12.4 Å². The van der Waals surface area contributed by atoms with E-state index < -0.39 is 11.9 Å². The molecular weight excluding hydrogens is 335 g/mol. The first-order valence-electron chi connectivity index (χ1n) is 6.73. The molecule has 2 aromatic rings. The number of hydrogen-bond donors (Lipinski definition) is 1. The van der Waals surface area contributed by atoms with Crippen molar-refractivity contribution in [1.29, 1.82) is 0 Å². The van der Waals surface area contributed by atoms with Crippen LogP contribution >= 0.6 is 12.4 Å². The van der Waals surface area contributed by atoms with Gasteiger partial charge < -0.3 is 9.84 Å². The molecule has 1 N–H and O–H groups in total. The largest absolute Gasteiger partial charge is 0.433 e. The van der Waals surface area contributed by atoms with Crippen molar-refractivity contribution in [3.05, 3.63) is 29.8 Å². The molecule has 2 aromatic heterocycles. The van der Waals surface area contributed by atoms with Crippen molar-refractivity contribution in [2.45, 2.75) is 12.2 Å². The molecular formula is C13H15ClF3N5O. The summed E-state index contributed by atoms with van der Waals surface area (Å²) in [5.41, 5.74) is -0.592. The number of alkyl halides is 3. The molecule has 10 heteroatoms. The van der Waals surface area contributed by atoms with Crippen LogP contribution in [0.2, 0.25) is 0 Å². The number of nitrogens with one attached hydrogen (secondary N) is 1. The van der Waals surface area contributed by atoms with Crippen LogP contribution in [0.15, 0.2) is 22.9 Å². The SMILES string of the molecule is CN1CCNCC1c1noc(-c2ccc(C(F)(F)F)nc2)n1.Cl. The van der Waals surface area contributed by atoms with Crippen LogP contribution in [-0.4, -0.2) is 46.7 Å². The standard InChI is InChI=1S/C13H14F3N5O.ClH/c1-21-5-4-17-7-9(21)11-19-12(22-20-11)8-2-3-10(18-6-8)13(14,15)16;/h2-3,6,9,17H,4-5,7H2,1H3;1H. The van der Waals surface area contributed by atoms with E-state index in [0.717, 1.165) is 25.4 Å². The smallest absolute Gasteiger partial charge is 0.334 e. The number of hydrogen-bond acceptors (Lipinski definition) is 6. The molecule has 3 heterocycles. The normalized spacial score (nSPS) is 19.4. The quantitative estimate of drug-likeness (QED) is 0.896. The van der Waals surface area contributed by atoms with Crippen LogP contribution < -0.4 is 5.32 Å². The van der Waals surface area contributed by atoms with Crippen LogP contribution in [-0.2, 0) is 6.18 Å². The van der Waals surface area contributed by atoms with Crippen molar-refractivity contribution in [1.82, 2.24) is 25.3 Å². The molecule has 1 unspecified atom stereocenters. The van der Waals surface area contributed by atoms with E-state index in [0.29, 0.717) is 17.9 Å². The zero-order valence-corrected chi connectivity index (χ0v) is 13.0. The lowest BCUT2D eigenvalue weighted by atomic mass is 10.2. The lowest BCUT2D eigenvalue weighted by molar-refractivity contribution is -0.141. The van der Waals surface area contributed by atoms with Crippen molar-refractivity contribution < 1.29 is 17.7 Å². The zero-order chi connectivity index (χ0) is 15.7. The van der Waals surface area contributed by atoms with Gasteiger partial charge in [0.2, 0.25) is 0 Å². The van der Waals surface area contributed by atoms with E-state index in [9.17, 15) is 13.2 Å². The number of aromatic nitrogens is 3. The lowest BCUT2D eigenvalue weighted by Crippen LogP contribution is -2.44. The van der Waals surface area contributed by atoms with Gasteiger partial charge in [0, 0.05) is 25.8 Å². The van der Waals surface area contributed by atoms with E-state index in [1.165, 1.54) is 6.07 Å². The summed E-state index contributed by atoms with van der Waals surface area (Å²) in [4.78, 5) is 9.75. The van der Waals surface area contributed by atoms with Crippen molar-refractivity contribution in [3.63, 3.8) is 0 Å². The fraction of sp³-hybridized carbons (Fsp3) is 0.462. The summed E-state index contributed by atoms with van der Waals surface area (Å²) in [6.07, 6.45) is -3.38. The van der Waals surface area contributed by atoms with Gasteiger partial charge in [0.1, 0.15) is 5.69 Å². The highest BCUT2D eigenvalue weighted by atomic mass is 35.5. The maximum Gasteiger partial charge on any atom is 0.433 e. The summed E-state index contributed by atoms with van der Waals surface area (Å²) in [6, 6.07) is 2.15. The number of piperazine rings is 1. The minimum Gasteiger partial charge on any atom is -0.334 e. The second-order valence-corrected chi connectivity index (χ2v) is 5.09. The van der Waals surface area contributed by atoms with Gasteiger partial charge in [0.25, 0.3) is 5.89 Å². The fourth-order valence-corrected chi connectivity index (χ4v) is 2.27. The van der Waals surface area contributed by atoms with E-state index in [4.69, 9.17) is 4.52 Å².